The van der Waals surface area contributed by atoms with Crippen molar-refractivity contribution in [3.05, 3.63) is 44.8 Å². The number of carboxylic acids is 1. The van der Waals surface area contributed by atoms with Crippen LogP contribution < -0.4 is 5.32 Å². The second-order valence-electron chi connectivity index (χ2n) is 3.98. The molecule has 1 atom stereocenters. The van der Waals surface area contributed by atoms with Crippen molar-refractivity contribution in [2.24, 2.45) is 0 Å². The van der Waals surface area contributed by atoms with Crippen LogP contribution in [-0.2, 0) is 0 Å². The van der Waals surface area contributed by atoms with E-state index >= 15 is 0 Å². The predicted molar refractivity (Wildman–Crippen MR) is 79.9 cm³/mol. The first kappa shape index (κ1) is 14.0. The molecule has 1 aromatic heterocycles. The molecule has 0 saturated heterocycles. The molecule has 0 saturated carbocycles. The second kappa shape index (κ2) is 6.16. The number of carbonyl (C=O) groups is 1. The van der Waals surface area contributed by atoms with Crippen LogP contribution in [0.25, 0.3) is 0 Å². The third kappa shape index (κ3) is 3.33. The monoisotopic (exact) mass is 340 g/mol. The Hall–Kier alpha value is -1.40. The number of nitrogens with one attached hydrogen (secondary N) is 1. The van der Waals surface area contributed by atoms with E-state index in [1.807, 2.05) is 5.38 Å². The van der Waals surface area contributed by atoms with Crippen molar-refractivity contribution in [3.63, 3.8) is 0 Å². The largest absolute Gasteiger partial charge is 0.478 e. The number of rotatable bonds is 5. The van der Waals surface area contributed by atoms with Gasteiger partial charge >= 0.3 is 5.97 Å². The van der Waals surface area contributed by atoms with E-state index in [9.17, 15) is 4.79 Å². The van der Waals surface area contributed by atoms with Crippen LogP contribution in [0.3, 0.4) is 0 Å². The summed E-state index contributed by atoms with van der Waals surface area (Å²) >= 11 is 4.88. The van der Waals surface area contributed by atoms with Gasteiger partial charge < -0.3 is 10.4 Å². The van der Waals surface area contributed by atoms with Gasteiger partial charge in [-0.1, -0.05) is 6.92 Å². The Kier molecular flexibility index (Phi) is 4.55. The summed E-state index contributed by atoms with van der Waals surface area (Å²) in [4.78, 5) is 15.2. The zero-order valence-electron chi connectivity index (χ0n) is 10.3. The SMILES string of the molecule is CCC(Nc1ccc(C(=O)O)c(Br)c1)c1nccs1. The number of nitrogens with zero attached hydrogens (tertiary/aromatic N) is 1. The van der Waals surface area contributed by atoms with E-state index in [-0.39, 0.29) is 11.6 Å². The van der Waals surface area contributed by atoms with Gasteiger partial charge in [0, 0.05) is 21.7 Å². The molecule has 0 aliphatic carbocycles. The van der Waals surface area contributed by atoms with Gasteiger partial charge in [-0.25, -0.2) is 9.78 Å². The number of hydrogen-bond donors (Lipinski definition) is 2. The Balaban J connectivity index is 2.19. The molecular formula is C13H13BrN2O2S. The van der Waals surface area contributed by atoms with E-state index < -0.39 is 5.97 Å². The molecule has 1 heterocycles. The van der Waals surface area contributed by atoms with Crippen LogP contribution in [0.1, 0.15) is 34.8 Å². The van der Waals surface area contributed by atoms with Crippen molar-refractivity contribution >= 4 is 38.9 Å². The van der Waals surface area contributed by atoms with Gasteiger partial charge in [0.2, 0.25) is 0 Å². The van der Waals surface area contributed by atoms with Crippen LogP contribution in [0.5, 0.6) is 0 Å². The summed E-state index contributed by atoms with van der Waals surface area (Å²) in [6.45, 7) is 2.08. The lowest BCUT2D eigenvalue weighted by Crippen LogP contribution is -2.09. The highest BCUT2D eigenvalue weighted by molar-refractivity contribution is 9.10. The molecule has 0 spiro atoms. The number of hydrogen-bond acceptors (Lipinski definition) is 4. The molecule has 2 rings (SSSR count). The summed E-state index contributed by atoms with van der Waals surface area (Å²) in [7, 11) is 0. The topological polar surface area (TPSA) is 62.2 Å². The summed E-state index contributed by atoms with van der Waals surface area (Å²) in [5, 5.41) is 15.3. The summed E-state index contributed by atoms with van der Waals surface area (Å²) < 4.78 is 0.569. The van der Waals surface area contributed by atoms with Gasteiger partial charge in [0.15, 0.2) is 0 Å². The Morgan fingerprint density at radius 3 is 2.89 bits per heavy atom. The minimum atomic E-state index is -0.939. The van der Waals surface area contributed by atoms with Crippen LogP contribution in [0.15, 0.2) is 34.2 Å². The molecule has 0 aliphatic rings. The molecule has 100 valence electrons. The summed E-state index contributed by atoms with van der Waals surface area (Å²) in [6, 6.07) is 5.27. The molecule has 2 aromatic rings. The zero-order valence-corrected chi connectivity index (χ0v) is 12.7. The number of carboxylic acid groups (broad SMARTS) is 1. The Morgan fingerprint density at radius 1 is 1.58 bits per heavy atom. The fraction of sp³-hybridized carbons (Fsp3) is 0.231. The average molecular weight is 341 g/mol. The van der Waals surface area contributed by atoms with E-state index in [2.05, 4.69) is 33.2 Å². The van der Waals surface area contributed by atoms with Crippen molar-refractivity contribution in [3.8, 4) is 0 Å². The van der Waals surface area contributed by atoms with E-state index in [0.29, 0.717) is 4.47 Å². The number of anilines is 1. The van der Waals surface area contributed by atoms with Gasteiger partial charge in [-0.15, -0.1) is 11.3 Å². The quantitative estimate of drug-likeness (QED) is 0.857. The van der Waals surface area contributed by atoms with Crippen molar-refractivity contribution < 1.29 is 9.90 Å². The number of halogens is 1. The molecule has 4 nitrogen and oxygen atoms in total. The van der Waals surface area contributed by atoms with Crippen molar-refractivity contribution in [1.82, 2.24) is 4.98 Å². The maximum Gasteiger partial charge on any atom is 0.336 e. The first-order valence-electron chi connectivity index (χ1n) is 5.80. The molecule has 0 aliphatic heterocycles. The van der Waals surface area contributed by atoms with Crippen LogP contribution in [0.2, 0.25) is 0 Å². The molecule has 6 heteroatoms. The molecule has 2 N–H and O–H groups in total. The number of benzene rings is 1. The average Bonchev–Trinajstić information content (AvgIpc) is 2.89. The first-order valence-corrected chi connectivity index (χ1v) is 7.48. The van der Waals surface area contributed by atoms with Gasteiger partial charge in [0.1, 0.15) is 5.01 Å². The molecule has 1 aromatic carbocycles. The Morgan fingerprint density at radius 2 is 2.37 bits per heavy atom. The lowest BCUT2D eigenvalue weighted by Gasteiger charge is -2.16. The lowest BCUT2D eigenvalue weighted by atomic mass is 10.1. The van der Waals surface area contributed by atoms with Crippen molar-refractivity contribution in [2.75, 3.05) is 5.32 Å². The molecule has 19 heavy (non-hydrogen) atoms. The minimum Gasteiger partial charge on any atom is -0.478 e. The van der Waals surface area contributed by atoms with Gasteiger partial charge in [-0.2, -0.15) is 0 Å². The standard InChI is InChI=1S/C13H13BrN2O2S/c1-2-11(12-15-5-6-19-12)16-8-3-4-9(13(17)18)10(14)7-8/h3-7,11,16H,2H2,1H3,(H,17,18). The first-order chi connectivity index (χ1) is 9.11. The lowest BCUT2D eigenvalue weighted by molar-refractivity contribution is 0.0696. The van der Waals surface area contributed by atoms with Crippen LogP contribution in [-0.4, -0.2) is 16.1 Å². The highest BCUT2D eigenvalue weighted by Crippen LogP contribution is 2.27. The maximum atomic E-state index is 10.9. The minimum absolute atomic E-state index is 0.141. The molecule has 0 fully saturated rings. The Bertz CT molecular complexity index is 572. The third-order valence-corrected chi connectivity index (χ3v) is 4.24. The molecule has 1 unspecified atom stereocenters. The summed E-state index contributed by atoms with van der Waals surface area (Å²) in [5.41, 5.74) is 1.13. The zero-order chi connectivity index (χ0) is 13.8. The van der Waals surface area contributed by atoms with Gasteiger partial charge in [-0.3, -0.25) is 0 Å². The van der Waals surface area contributed by atoms with Crippen molar-refractivity contribution in [1.29, 1.82) is 0 Å². The number of thiazole rings is 1. The van der Waals surface area contributed by atoms with Gasteiger partial charge in [0.05, 0.1) is 11.6 Å². The normalized spacial score (nSPS) is 12.1. The summed E-state index contributed by atoms with van der Waals surface area (Å²) in [6.07, 6.45) is 2.69. The van der Waals surface area contributed by atoms with E-state index in [1.54, 1.807) is 35.7 Å². The highest BCUT2D eigenvalue weighted by atomic mass is 79.9. The fourth-order valence-corrected chi connectivity index (χ4v) is 3.05. The smallest absolute Gasteiger partial charge is 0.336 e. The van der Waals surface area contributed by atoms with Crippen LogP contribution in [0.4, 0.5) is 5.69 Å². The van der Waals surface area contributed by atoms with E-state index in [0.717, 1.165) is 17.1 Å². The maximum absolute atomic E-state index is 10.9. The van der Waals surface area contributed by atoms with Crippen LogP contribution in [0, 0.1) is 0 Å². The van der Waals surface area contributed by atoms with E-state index in [1.165, 1.54) is 0 Å². The Labute approximate surface area is 123 Å². The van der Waals surface area contributed by atoms with Crippen LogP contribution >= 0.6 is 27.3 Å². The highest BCUT2D eigenvalue weighted by Gasteiger charge is 2.13. The predicted octanol–water partition coefficient (Wildman–Crippen LogP) is 4.17. The molecular weight excluding hydrogens is 328 g/mol. The van der Waals surface area contributed by atoms with Gasteiger partial charge in [0.25, 0.3) is 0 Å². The van der Waals surface area contributed by atoms with Crippen molar-refractivity contribution in [2.45, 2.75) is 19.4 Å². The molecule has 0 amide bonds. The number of aromatic nitrogens is 1. The molecule has 0 bridgehead atoms. The third-order valence-electron chi connectivity index (χ3n) is 2.70. The van der Waals surface area contributed by atoms with E-state index in [4.69, 9.17) is 5.11 Å². The summed E-state index contributed by atoms with van der Waals surface area (Å²) in [5.74, 6) is -0.939. The number of aromatic carboxylic acids is 1. The molecule has 0 radical (unpaired) electrons. The fourth-order valence-electron chi connectivity index (χ4n) is 1.72. The van der Waals surface area contributed by atoms with Gasteiger partial charge in [-0.05, 0) is 40.5 Å². The second-order valence-corrected chi connectivity index (χ2v) is 5.76.